The molecule has 0 radical (unpaired) electrons. The lowest BCUT2D eigenvalue weighted by Gasteiger charge is -2.14. The van der Waals surface area contributed by atoms with E-state index in [1.807, 2.05) is 18.2 Å². The molecule has 92 valence electrons. The normalized spacial score (nSPS) is 24.6. The lowest BCUT2D eigenvalue weighted by Crippen LogP contribution is -2.30. The molecule has 0 amide bonds. The SMILES string of the molecule is Cl.Cl.N[C@@H]1CN(Cc2ccccc2)C[C@H]1F. The molecule has 0 aliphatic carbocycles. The molecule has 2 nitrogen and oxygen atoms in total. The number of hydrogen-bond acceptors (Lipinski definition) is 2. The Kier molecular flexibility index (Phi) is 6.91. The molecule has 1 saturated heterocycles. The average molecular weight is 267 g/mol. The van der Waals surface area contributed by atoms with Crippen LogP contribution in [0.5, 0.6) is 0 Å². The topological polar surface area (TPSA) is 29.3 Å². The first kappa shape index (κ1) is 15.7. The molecule has 1 fully saturated rings. The number of likely N-dealkylation sites (tertiary alicyclic amines) is 1. The molecule has 1 heterocycles. The van der Waals surface area contributed by atoms with Crippen LogP contribution in [0.4, 0.5) is 4.39 Å². The van der Waals surface area contributed by atoms with Gasteiger partial charge in [-0.2, -0.15) is 0 Å². The van der Waals surface area contributed by atoms with Crippen LogP contribution in [0.25, 0.3) is 0 Å². The highest BCUT2D eigenvalue weighted by atomic mass is 35.5. The molecule has 0 spiro atoms. The molecule has 1 aromatic rings. The zero-order valence-corrected chi connectivity index (χ0v) is 10.5. The number of alkyl halides is 1. The predicted octanol–water partition coefficient (Wildman–Crippen LogP) is 2.01. The van der Waals surface area contributed by atoms with Crippen molar-refractivity contribution in [3.8, 4) is 0 Å². The van der Waals surface area contributed by atoms with Gasteiger partial charge in [-0.05, 0) is 5.56 Å². The van der Waals surface area contributed by atoms with E-state index in [2.05, 4.69) is 17.0 Å². The van der Waals surface area contributed by atoms with Crippen LogP contribution in [-0.4, -0.2) is 30.2 Å². The fourth-order valence-corrected chi connectivity index (χ4v) is 1.84. The third-order valence-electron chi connectivity index (χ3n) is 2.62. The maximum absolute atomic E-state index is 13.1. The summed E-state index contributed by atoms with van der Waals surface area (Å²) in [6.07, 6.45) is -0.862. The largest absolute Gasteiger partial charge is 0.324 e. The summed E-state index contributed by atoms with van der Waals surface area (Å²) in [4.78, 5) is 2.06. The minimum absolute atomic E-state index is 0. The van der Waals surface area contributed by atoms with Gasteiger partial charge in [0.05, 0.1) is 0 Å². The highest BCUT2D eigenvalue weighted by Gasteiger charge is 2.29. The summed E-state index contributed by atoms with van der Waals surface area (Å²) in [6, 6.07) is 9.78. The molecular weight excluding hydrogens is 250 g/mol. The summed E-state index contributed by atoms with van der Waals surface area (Å²) >= 11 is 0. The molecular formula is C11H17Cl2FN2. The zero-order chi connectivity index (χ0) is 9.97. The number of hydrogen-bond donors (Lipinski definition) is 1. The molecule has 0 unspecified atom stereocenters. The third-order valence-corrected chi connectivity index (χ3v) is 2.62. The van der Waals surface area contributed by atoms with Gasteiger partial charge in [0, 0.05) is 25.7 Å². The van der Waals surface area contributed by atoms with Gasteiger partial charge in [-0.3, -0.25) is 4.90 Å². The van der Waals surface area contributed by atoms with Crippen LogP contribution in [0.2, 0.25) is 0 Å². The molecule has 2 rings (SSSR count). The van der Waals surface area contributed by atoms with Gasteiger partial charge in [0.25, 0.3) is 0 Å². The Morgan fingerprint density at radius 3 is 2.31 bits per heavy atom. The van der Waals surface area contributed by atoms with Gasteiger partial charge in [-0.1, -0.05) is 30.3 Å². The Bertz CT molecular complexity index is 287. The first-order chi connectivity index (χ1) is 6.75. The predicted molar refractivity (Wildman–Crippen MR) is 69.1 cm³/mol. The van der Waals surface area contributed by atoms with Crippen molar-refractivity contribution in [3.05, 3.63) is 35.9 Å². The van der Waals surface area contributed by atoms with Crippen molar-refractivity contribution in [2.75, 3.05) is 13.1 Å². The second-order valence-electron chi connectivity index (χ2n) is 3.86. The maximum Gasteiger partial charge on any atom is 0.129 e. The maximum atomic E-state index is 13.1. The summed E-state index contributed by atoms with van der Waals surface area (Å²) < 4.78 is 13.1. The Morgan fingerprint density at radius 1 is 1.19 bits per heavy atom. The quantitative estimate of drug-likeness (QED) is 0.888. The van der Waals surface area contributed by atoms with E-state index >= 15 is 0 Å². The lowest BCUT2D eigenvalue weighted by atomic mass is 10.2. The summed E-state index contributed by atoms with van der Waals surface area (Å²) in [5.74, 6) is 0. The van der Waals surface area contributed by atoms with E-state index in [4.69, 9.17) is 5.73 Å². The van der Waals surface area contributed by atoms with Gasteiger partial charge in [0.2, 0.25) is 0 Å². The number of nitrogens with two attached hydrogens (primary N) is 1. The zero-order valence-electron chi connectivity index (χ0n) is 8.88. The Morgan fingerprint density at radius 2 is 1.81 bits per heavy atom. The highest BCUT2D eigenvalue weighted by molar-refractivity contribution is 5.85. The minimum Gasteiger partial charge on any atom is -0.324 e. The molecule has 0 aromatic heterocycles. The molecule has 2 N–H and O–H groups in total. The van der Waals surface area contributed by atoms with E-state index in [-0.39, 0.29) is 30.9 Å². The highest BCUT2D eigenvalue weighted by Crippen LogP contribution is 2.14. The molecule has 1 aromatic carbocycles. The van der Waals surface area contributed by atoms with Crippen molar-refractivity contribution in [3.63, 3.8) is 0 Å². The van der Waals surface area contributed by atoms with Crippen LogP contribution in [0.1, 0.15) is 5.56 Å². The molecule has 1 aliphatic heterocycles. The van der Waals surface area contributed by atoms with Gasteiger partial charge in [-0.25, -0.2) is 4.39 Å². The smallest absolute Gasteiger partial charge is 0.129 e. The van der Waals surface area contributed by atoms with Crippen LogP contribution in [0.3, 0.4) is 0 Å². The first-order valence-corrected chi connectivity index (χ1v) is 4.91. The fraction of sp³-hybridized carbons (Fsp3) is 0.455. The van der Waals surface area contributed by atoms with E-state index < -0.39 is 6.17 Å². The number of halogens is 3. The Labute approximate surface area is 108 Å². The lowest BCUT2D eigenvalue weighted by molar-refractivity contribution is 0.280. The second kappa shape index (κ2) is 7.07. The van der Waals surface area contributed by atoms with Crippen molar-refractivity contribution in [2.24, 2.45) is 5.73 Å². The van der Waals surface area contributed by atoms with Crippen molar-refractivity contribution >= 4 is 24.8 Å². The molecule has 16 heavy (non-hydrogen) atoms. The van der Waals surface area contributed by atoms with Crippen molar-refractivity contribution in [2.45, 2.75) is 18.8 Å². The van der Waals surface area contributed by atoms with Gasteiger partial charge < -0.3 is 5.73 Å². The van der Waals surface area contributed by atoms with Crippen LogP contribution in [0.15, 0.2) is 30.3 Å². The Balaban J connectivity index is 0.00000112. The van der Waals surface area contributed by atoms with Crippen LogP contribution < -0.4 is 5.73 Å². The summed E-state index contributed by atoms with van der Waals surface area (Å²) in [5, 5.41) is 0. The molecule has 0 bridgehead atoms. The van der Waals surface area contributed by atoms with Crippen molar-refractivity contribution < 1.29 is 4.39 Å². The van der Waals surface area contributed by atoms with E-state index in [1.165, 1.54) is 5.56 Å². The molecule has 5 heteroatoms. The van der Waals surface area contributed by atoms with E-state index in [9.17, 15) is 4.39 Å². The van der Waals surface area contributed by atoms with Crippen LogP contribution >= 0.6 is 24.8 Å². The molecule has 0 saturated carbocycles. The fourth-order valence-electron chi connectivity index (χ4n) is 1.84. The van der Waals surface area contributed by atoms with Gasteiger partial charge in [-0.15, -0.1) is 24.8 Å². The van der Waals surface area contributed by atoms with Gasteiger partial charge in [0.1, 0.15) is 6.17 Å². The first-order valence-electron chi connectivity index (χ1n) is 4.91. The summed E-state index contributed by atoms with van der Waals surface area (Å²) in [5.41, 5.74) is 6.82. The number of benzene rings is 1. The number of nitrogens with zero attached hydrogens (tertiary/aromatic N) is 1. The van der Waals surface area contributed by atoms with E-state index in [0.29, 0.717) is 13.1 Å². The minimum atomic E-state index is -0.862. The third kappa shape index (κ3) is 3.91. The van der Waals surface area contributed by atoms with Crippen LogP contribution in [-0.2, 0) is 6.54 Å². The number of rotatable bonds is 2. The van der Waals surface area contributed by atoms with E-state index in [1.54, 1.807) is 0 Å². The standard InChI is InChI=1S/C11H15FN2.2ClH/c12-10-7-14(8-11(10)13)6-9-4-2-1-3-5-9;;/h1-5,10-11H,6-8,13H2;2*1H/t10-,11-;;/m1../s1. The average Bonchev–Trinajstić information content (AvgIpc) is 2.47. The summed E-state index contributed by atoms with van der Waals surface area (Å²) in [6.45, 7) is 1.93. The van der Waals surface area contributed by atoms with Gasteiger partial charge >= 0.3 is 0 Å². The Hall–Kier alpha value is -0.350. The van der Waals surface area contributed by atoms with Crippen molar-refractivity contribution in [1.82, 2.24) is 4.90 Å². The molecule has 1 aliphatic rings. The van der Waals surface area contributed by atoms with Crippen molar-refractivity contribution in [1.29, 1.82) is 0 Å². The van der Waals surface area contributed by atoms with E-state index in [0.717, 1.165) is 6.54 Å². The summed E-state index contributed by atoms with van der Waals surface area (Å²) in [7, 11) is 0. The second-order valence-corrected chi connectivity index (χ2v) is 3.86. The van der Waals surface area contributed by atoms with Gasteiger partial charge in [0.15, 0.2) is 0 Å². The van der Waals surface area contributed by atoms with Crippen LogP contribution in [0, 0.1) is 0 Å². The molecule has 2 atom stereocenters. The monoisotopic (exact) mass is 266 g/mol.